The van der Waals surface area contributed by atoms with Gasteiger partial charge in [0.15, 0.2) is 0 Å². The van der Waals surface area contributed by atoms with Gasteiger partial charge in [0.05, 0.1) is 6.61 Å². The number of ether oxygens (including phenoxy) is 1. The standard InChI is InChI=1S/C22H31NO/c1-4-5-6-7-8-15-24-21-13-11-20(12-14-21)17-23-22-16-18(2)9-10-19(22)3/h9-14,16,23H,4-8,15,17H2,1-3H3. The van der Waals surface area contributed by atoms with Gasteiger partial charge in [-0.3, -0.25) is 0 Å². The molecule has 130 valence electrons. The van der Waals surface area contributed by atoms with Crippen molar-refractivity contribution in [3.05, 3.63) is 59.2 Å². The molecule has 0 heterocycles. The van der Waals surface area contributed by atoms with Gasteiger partial charge in [-0.2, -0.15) is 0 Å². The summed E-state index contributed by atoms with van der Waals surface area (Å²) in [4.78, 5) is 0. The molecular formula is C22H31NO. The Kier molecular flexibility index (Phi) is 7.67. The van der Waals surface area contributed by atoms with Crippen molar-refractivity contribution in [2.75, 3.05) is 11.9 Å². The van der Waals surface area contributed by atoms with Gasteiger partial charge in [-0.05, 0) is 55.2 Å². The molecule has 0 aliphatic heterocycles. The smallest absolute Gasteiger partial charge is 0.119 e. The van der Waals surface area contributed by atoms with Crippen molar-refractivity contribution in [1.29, 1.82) is 0 Å². The van der Waals surface area contributed by atoms with Gasteiger partial charge in [0.1, 0.15) is 5.75 Å². The van der Waals surface area contributed by atoms with Crippen molar-refractivity contribution in [1.82, 2.24) is 0 Å². The molecule has 0 aromatic heterocycles. The van der Waals surface area contributed by atoms with Crippen molar-refractivity contribution >= 4 is 5.69 Å². The number of aryl methyl sites for hydroxylation is 2. The molecule has 24 heavy (non-hydrogen) atoms. The van der Waals surface area contributed by atoms with E-state index in [0.717, 1.165) is 25.3 Å². The predicted octanol–water partition coefficient (Wildman–Crippen LogP) is 6.26. The van der Waals surface area contributed by atoms with Crippen LogP contribution in [0.3, 0.4) is 0 Å². The lowest BCUT2D eigenvalue weighted by atomic mass is 10.1. The maximum Gasteiger partial charge on any atom is 0.119 e. The quantitative estimate of drug-likeness (QED) is 0.520. The molecule has 1 N–H and O–H groups in total. The topological polar surface area (TPSA) is 21.3 Å². The van der Waals surface area contributed by atoms with Crippen molar-refractivity contribution in [3.63, 3.8) is 0 Å². The van der Waals surface area contributed by atoms with Gasteiger partial charge in [-0.25, -0.2) is 0 Å². The lowest BCUT2D eigenvalue weighted by Gasteiger charge is -2.11. The number of unbranched alkanes of at least 4 members (excludes halogenated alkanes) is 4. The second-order valence-corrected chi connectivity index (χ2v) is 6.58. The van der Waals surface area contributed by atoms with E-state index in [1.54, 1.807) is 0 Å². The molecule has 0 atom stereocenters. The highest BCUT2D eigenvalue weighted by Gasteiger charge is 2.00. The van der Waals surface area contributed by atoms with E-state index < -0.39 is 0 Å². The van der Waals surface area contributed by atoms with Gasteiger partial charge in [-0.15, -0.1) is 0 Å². The normalized spacial score (nSPS) is 10.6. The van der Waals surface area contributed by atoms with Crippen LogP contribution in [0.1, 0.15) is 55.7 Å². The van der Waals surface area contributed by atoms with E-state index >= 15 is 0 Å². The monoisotopic (exact) mass is 325 g/mol. The Morgan fingerprint density at radius 1 is 0.875 bits per heavy atom. The van der Waals surface area contributed by atoms with Crippen LogP contribution in [0.15, 0.2) is 42.5 Å². The van der Waals surface area contributed by atoms with E-state index in [1.807, 2.05) is 0 Å². The minimum absolute atomic E-state index is 0.823. The molecular weight excluding hydrogens is 294 g/mol. The summed E-state index contributed by atoms with van der Waals surface area (Å²) in [7, 11) is 0. The van der Waals surface area contributed by atoms with Crippen LogP contribution < -0.4 is 10.1 Å². The van der Waals surface area contributed by atoms with Crippen molar-refractivity contribution in [2.24, 2.45) is 0 Å². The Bertz CT molecular complexity index is 604. The predicted molar refractivity (Wildman–Crippen MR) is 104 cm³/mol. The summed E-state index contributed by atoms with van der Waals surface area (Å²) in [6, 6.07) is 14.9. The number of hydrogen-bond acceptors (Lipinski definition) is 2. The summed E-state index contributed by atoms with van der Waals surface area (Å²) in [5.41, 5.74) is 5.04. The number of hydrogen-bond donors (Lipinski definition) is 1. The van der Waals surface area contributed by atoms with Gasteiger partial charge in [-0.1, -0.05) is 56.9 Å². The Labute approximate surface area is 147 Å². The van der Waals surface area contributed by atoms with Crippen LogP contribution in [-0.4, -0.2) is 6.61 Å². The minimum atomic E-state index is 0.823. The summed E-state index contributed by atoms with van der Waals surface area (Å²) >= 11 is 0. The maximum absolute atomic E-state index is 5.82. The molecule has 0 saturated heterocycles. The second kappa shape index (κ2) is 10.0. The molecule has 2 heteroatoms. The zero-order valence-electron chi connectivity index (χ0n) is 15.4. The summed E-state index contributed by atoms with van der Waals surface area (Å²) in [5, 5.41) is 3.52. The van der Waals surface area contributed by atoms with Crippen LogP contribution in [0.4, 0.5) is 5.69 Å². The molecule has 0 aliphatic carbocycles. The highest BCUT2D eigenvalue weighted by Crippen LogP contribution is 2.18. The molecule has 2 aromatic rings. The third-order valence-corrected chi connectivity index (χ3v) is 4.32. The van der Waals surface area contributed by atoms with Crippen molar-refractivity contribution in [3.8, 4) is 5.75 Å². The Morgan fingerprint density at radius 3 is 2.38 bits per heavy atom. The number of benzene rings is 2. The SMILES string of the molecule is CCCCCCCOc1ccc(CNc2cc(C)ccc2C)cc1. The summed E-state index contributed by atoms with van der Waals surface area (Å²) in [6.45, 7) is 8.16. The third kappa shape index (κ3) is 6.27. The van der Waals surface area contributed by atoms with Crippen LogP contribution in [0.25, 0.3) is 0 Å². The molecule has 0 spiro atoms. The van der Waals surface area contributed by atoms with Crippen molar-refractivity contribution < 1.29 is 4.74 Å². The van der Waals surface area contributed by atoms with Crippen LogP contribution in [-0.2, 0) is 6.54 Å². The molecule has 2 rings (SSSR count). The average Bonchev–Trinajstić information content (AvgIpc) is 2.60. The van der Waals surface area contributed by atoms with E-state index in [2.05, 4.69) is 68.6 Å². The Hall–Kier alpha value is -1.96. The molecule has 0 bridgehead atoms. The molecule has 2 nitrogen and oxygen atoms in total. The molecule has 2 aromatic carbocycles. The summed E-state index contributed by atoms with van der Waals surface area (Å²) in [6.07, 6.45) is 6.37. The first-order chi connectivity index (χ1) is 11.7. The molecule has 0 aliphatic rings. The summed E-state index contributed by atoms with van der Waals surface area (Å²) in [5.74, 6) is 0.973. The van der Waals surface area contributed by atoms with Gasteiger partial charge in [0, 0.05) is 12.2 Å². The van der Waals surface area contributed by atoms with Gasteiger partial charge in [0.2, 0.25) is 0 Å². The fourth-order valence-electron chi connectivity index (χ4n) is 2.72. The van der Waals surface area contributed by atoms with Gasteiger partial charge in [0.25, 0.3) is 0 Å². The van der Waals surface area contributed by atoms with Crippen LogP contribution in [0.2, 0.25) is 0 Å². The van der Waals surface area contributed by atoms with Crippen LogP contribution in [0, 0.1) is 13.8 Å². The number of nitrogens with one attached hydrogen (secondary N) is 1. The van der Waals surface area contributed by atoms with E-state index in [-0.39, 0.29) is 0 Å². The summed E-state index contributed by atoms with van der Waals surface area (Å²) < 4.78 is 5.82. The molecule has 0 fully saturated rings. The Morgan fingerprint density at radius 2 is 1.62 bits per heavy atom. The molecule has 0 radical (unpaired) electrons. The van der Waals surface area contributed by atoms with E-state index in [4.69, 9.17) is 4.74 Å². The van der Waals surface area contributed by atoms with E-state index in [9.17, 15) is 0 Å². The highest BCUT2D eigenvalue weighted by molar-refractivity contribution is 5.52. The fourth-order valence-corrected chi connectivity index (χ4v) is 2.72. The molecule has 0 saturated carbocycles. The lowest BCUT2D eigenvalue weighted by Crippen LogP contribution is -2.02. The number of anilines is 1. The van der Waals surface area contributed by atoms with Crippen LogP contribution in [0.5, 0.6) is 5.75 Å². The second-order valence-electron chi connectivity index (χ2n) is 6.58. The minimum Gasteiger partial charge on any atom is -0.494 e. The molecule has 0 amide bonds. The van der Waals surface area contributed by atoms with Crippen molar-refractivity contribution in [2.45, 2.75) is 59.4 Å². The largest absolute Gasteiger partial charge is 0.494 e. The van der Waals surface area contributed by atoms with E-state index in [0.29, 0.717) is 0 Å². The van der Waals surface area contributed by atoms with Crippen LogP contribution >= 0.6 is 0 Å². The first-order valence-electron chi connectivity index (χ1n) is 9.22. The fraction of sp³-hybridized carbons (Fsp3) is 0.455. The highest BCUT2D eigenvalue weighted by atomic mass is 16.5. The Balaban J connectivity index is 1.74. The van der Waals surface area contributed by atoms with Gasteiger partial charge < -0.3 is 10.1 Å². The lowest BCUT2D eigenvalue weighted by molar-refractivity contribution is 0.304. The average molecular weight is 325 g/mol. The number of rotatable bonds is 10. The first kappa shape index (κ1) is 18.4. The molecule has 0 unspecified atom stereocenters. The van der Waals surface area contributed by atoms with E-state index in [1.165, 1.54) is 48.1 Å². The maximum atomic E-state index is 5.82. The first-order valence-corrected chi connectivity index (χ1v) is 9.22. The zero-order chi connectivity index (χ0) is 17.2. The zero-order valence-corrected chi connectivity index (χ0v) is 15.4. The third-order valence-electron chi connectivity index (χ3n) is 4.32. The van der Waals surface area contributed by atoms with Gasteiger partial charge >= 0.3 is 0 Å².